The smallest absolute Gasteiger partial charge is 0.407 e. The maximum Gasteiger partial charge on any atom is 0.407 e. The van der Waals surface area contributed by atoms with Gasteiger partial charge in [-0.15, -0.1) is 0 Å². The number of piperazine rings is 1. The van der Waals surface area contributed by atoms with Gasteiger partial charge >= 0.3 is 11.8 Å². The summed E-state index contributed by atoms with van der Waals surface area (Å²) in [5.41, 5.74) is 0.800. The fraction of sp³-hybridized carbons (Fsp3) is 0.441. The molecule has 0 radical (unpaired) electrons. The van der Waals surface area contributed by atoms with Gasteiger partial charge in [0.05, 0.1) is 33.5 Å². The van der Waals surface area contributed by atoms with Crippen LogP contribution in [0.1, 0.15) is 66.9 Å². The van der Waals surface area contributed by atoms with Gasteiger partial charge in [-0.05, 0) is 48.9 Å². The third-order valence-electron chi connectivity index (χ3n) is 8.40. The van der Waals surface area contributed by atoms with E-state index < -0.39 is 43.2 Å². The van der Waals surface area contributed by atoms with Crippen LogP contribution in [0.2, 0.25) is 5.02 Å². The van der Waals surface area contributed by atoms with Gasteiger partial charge in [-0.1, -0.05) is 64.4 Å². The zero-order valence-corrected chi connectivity index (χ0v) is 27.2. The molecule has 4 aromatic rings. The van der Waals surface area contributed by atoms with Gasteiger partial charge in [0.2, 0.25) is 0 Å². The number of amides is 1. The van der Waals surface area contributed by atoms with Crippen molar-refractivity contribution in [2.75, 3.05) is 36.8 Å². The van der Waals surface area contributed by atoms with Crippen LogP contribution in [0.3, 0.4) is 0 Å². The molecule has 45 heavy (non-hydrogen) atoms. The highest BCUT2D eigenvalue weighted by molar-refractivity contribution is 6.34. The molecular formula is C34H42ClN7O3. The zero-order chi connectivity index (χ0) is 38.0. The Balaban J connectivity index is 1.89. The average Bonchev–Trinajstić information content (AvgIpc) is 2.99. The second kappa shape index (κ2) is 12.0. The molecule has 1 aliphatic rings. The molecule has 5 rings (SSSR count). The first kappa shape index (κ1) is 25.1. The number of hydrogen-bond donors (Lipinski definition) is 1. The van der Waals surface area contributed by atoms with E-state index in [9.17, 15) is 14.7 Å². The highest BCUT2D eigenvalue weighted by Gasteiger charge is 2.44. The Bertz CT molecular complexity index is 2030. The standard InChI is InChI=1S/C34H42ClN7O3/c1-19(2)26-28(20(3)14-15-36-26)42-31-23(18-24(35)27(37-31)22-12-10-11-13-25(22)39(8)9)30(38-32(42)43)40-16-17-41(33(44)45)29(21(40)4)34(5,6)7/h10-15,18-19,21,29H,16-17H2,1-9H3,(H,44,45)/t21?,29-/m1/s1/i8D3,9D3. The number of nitrogens with zero attached hydrogens (tertiary/aromatic N) is 7. The lowest BCUT2D eigenvalue weighted by atomic mass is 9.80. The van der Waals surface area contributed by atoms with E-state index in [1.165, 1.54) is 27.7 Å². The molecule has 0 spiro atoms. The van der Waals surface area contributed by atoms with E-state index in [0.717, 1.165) is 5.56 Å². The Hall–Kier alpha value is -4.18. The maximum absolute atomic E-state index is 14.4. The van der Waals surface area contributed by atoms with Crippen LogP contribution in [0.5, 0.6) is 0 Å². The molecule has 0 aliphatic carbocycles. The molecule has 1 aliphatic heterocycles. The van der Waals surface area contributed by atoms with Crippen molar-refractivity contribution >= 4 is 40.2 Å². The van der Waals surface area contributed by atoms with Crippen molar-refractivity contribution in [1.29, 1.82) is 0 Å². The number of pyridine rings is 2. The van der Waals surface area contributed by atoms with E-state index in [-0.39, 0.29) is 52.4 Å². The van der Waals surface area contributed by atoms with E-state index in [2.05, 4.69) is 9.97 Å². The normalized spacial score (nSPS) is 19.8. The summed E-state index contributed by atoms with van der Waals surface area (Å²) in [4.78, 5) is 44.6. The van der Waals surface area contributed by atoms with Crippen LogP contribution >= 0.6 is 11.6 Å². The van der Waals surface area contributed by atoms with E-state index in [1.807, 2.05) is 53.4 Å². The van der Waals surface area contributed by atoms with Gasteiger partial charge in [0, 0.05) is 58.8 Å². The molecule has 238 valence electrons. The van der Waals surface area contributed by atoms with E-state index in [4.69, 9.17) is 24.8 Å². The summed E-state index contributed by atoms with van der Waals surface area (Å²) in [5.74, 6) is 0.143. The number of fused-ring (bicyclic) bond motifs is 1. The molecule has 2 atom stereocenters. The second-order valence-corrected chi connectivity index (χ2v) is 13.2. The van der Waals surface area contributed by atoms with Crippen LogP contribution in [-0.2, 0) is 0 Å². The topological polar surface area (TPSA) is 108 Å². The zero-order valence-electron chi connectivity index (χ0n) is 32.5. The summed E-state index contributed by atoms with van der Waals surface area (Å²) < 4.78 is 49.9. The van der Waals surface area contributed by atoms with Crippen LogP contribution < -0.4 is 15.5 Å². The molecule has 3 aromatic heterocycles. The molecule has 1 aromatic carbocycles. The molecule has 1 saturated heterocycles. The summed E-state index contributed by atoms with van der Waals surface area (Å²) in [6.07, 6.45) is 0.614. The number of anilines is 2. The third kappa shape index (κ3) is 5.72. The minimum Gasteiger partial charge on any atom is -0.465 e. The Morgan fingerprint density at radius 3 is 2.51 bits per heavy atom. The second-order valence-electron chi connectivity index (χ2n) is 12.8. The van der Waals surface area contributed by atoms with Crippen LogP contribution in [0, 0.1) is 12.3 Å². The van der Waals surface area contributed by atoms with Gasteiger partial charge in [-0.2, -0.15) is 4.98 Å². The number of rotatable bonds is 5. The predicted molar refractivity (Wildman–Crippen MR) is 181 cm³/mol. The number of carboxylic acid groups (broad SMARTS) is 1. The first-order valence-electron chi connectivity index (χ1n) is 17.8. The van der Waals surface area contributed by atoms with Crippen molar-refractivity contribution in [3.8, 4) is 16.9 Å². The highest BCUT2D eigenvalue weighted by Crippen LogP contribution is 2.40. The highest BCUT2D eigenvalue weighted by atomic mass is 35.5. The van der Waals surface area contributed by atoms with Gasteiger partial charge < -0.3 is 19.8 Å². The molecule has 1 amide bonds. The SMILES string of the molecule is [2H]C([2H])([2H])N(c1ccccc1-c1nc2c(cc1Cl)c(N1CCN(C(=O)O)[C@@H](C(C)(C)C)C1C)nc(=O)n2-c1c(C)ccnc1C(C)C)C([2H])([2H])[2H]. The third-order valence-corrected chi connectivity index (χ3v) is 8.69. The van der Waals surface area contributed by atoms with E-state index in [1.54, 1.807) is 24.4 Å². The first-order valence-corrected chi connectivity index (χ1v) is 15.2. The molecule has 1 fully saturated rings. The molecule has 10 nitrogen and oxygen atoms in total. The Morgan fingerprint density at radius 2 is 1.87 bits per heavy atom. The lowest BCUT2D eigenvalue weighted by Gasteiger charge is -2.51. The Morgan fingerprint density at radius 1 is 1.16 bits per heavy atom. The van der Waals surface area contributed by atoms with Crippen molar-refractivity contribution in [2.45, 2.75) is 66.5 Å². The summed E-state index contributed by atoms with van der Waals surface area (Å²) in [5, 5.41) is 10.5. The van der Waals surface area contributed by atoms with Gasteiger partial charge in [-0.3, -0.25) is 4.98 Å². The molecule has 1 unspecified atom stereocenters. The fourth-order valence-electron chi connectivity index (χ4n) is 6.56. The molecular weight excluding hydrogens is 590 g/mol. The van der Waals surface area contributed by atoms with Crippen molar-refractivity contribution in [1.82, 2.24) is 24.4 Å². The monoisotopic (exact) mass is 637 g/mol. The number of aromatic nitrogens is 4. The van der Waals surface area contributed by atoms with Gasteiger partial charge in [0.25, 0.3) is 0 Å². The molecule has 11 heteroatoms. The number of carbonyl (C=O) groups is 1. The minimum absolute atomic E-state index is 0.0486. The van der Waals surface area contributed by atoms with E-state index in [0.29, 0.717) is 21.7 Å². The first-order chi connectivity index (χ1) is 23.6. The summed E-state index contributed by atoms with van der Waals surface area (Å²) in [6, 6.07) is 8.49. The minimum atomic E-state index is -3.05. The molecule has 0 saturated carbocycles. The van der Waals surface area contributed by atoms with Gasteiger partial charge in [0.1, 0.15) is 5.82 Å². The molecule has 1 N–H and O–H groups in total. The summed E-state index contributed by atoms with van der Waals surface area (Å²) >= 11 is 7.01. The number of benzene rings is 1. The van der Waals surface area contributed by atoms with Crippen molar-refractivity contribution in [3.05, 3.63) is 69.4 Å². The Kier molecular flexibility index (Phi) is 6.66. The number of hydrogen-bond acceptors (Lipinski definition) is 7. The average molecular weight is 638 g/mol. The number of para-hydroxylation sites is 1. The lowest BCUT2D eigenvalue weighted by molar-refractivity contribution is 0.0562. The largest absolute Gasteiger partial charge is 0.465 e. The fourth-order valence-corrected chi connectivity index (χ4v) is 6.82. The predicted octanol–water partition coefficient (Wildman–Crippen LogP) is 6.60. The van der Waals surface area contributed by atoms with Crippen molar-refractivity contribution < 1.29 is 18.1 Å². The Labute approximate surface area is 277 Å². The molecule has 4 heterocycles. The van der Waals surface area contributed by atoms with Crippen molar-refractivity contribution in [3.63, 3.8) is 0 Å². The van der Waals surface area contributed by atoms with Gasteiger partial charge in [0.15, 0.2) is 5.65 Å². The maximum atomic E-state index is 14.4. The lowest BCUT2D eigenvalue weighted by Crippen LogP contribution is -2.64. The van der Waals surface area contributed by atoms with E-state index >= 15 is 0 Å². The van der Waals surface area contributed by atoms with Crippen LogP contribution in [-0.4, -0.2) is 74.7 Å². The quantitative estimate of drug-likeness (QED) is 0.261. The number of aryl methyl sites for hydroxylation is 1. The number of halogens is 1. The van der Waals surface area contributed by atoms with Crippen LogP contribution in [0.25, 0.3) is 28.0 Å². The van der Waals surface area contributed by atoms with Crippen LogP contribution in [0.4, 0.5) is 16.3 Å². The van der Waals surface area contributed by atoms with Gasteiger partial charge in [-0.25, -0.2) is 19.1 Å². The summed E-state index contributed by atoms with van der Waals surface area (Å²) in [7, 11) is 0. The van der Waals surface area contributed by atoms with Crippen molar-refractivity contribution in [2.24, 2.45) is 5.41 Å². The molecule has 0 bridgehead atoms. The van der Waals surface area contributed by atoms with Crippen LogP contribution in [0.15, 0.2) is 47.4 Å². The summed E-state index contributed by atoms with van der Waals surface area (Å²) in [6.45, 7) is 7.77.